The number of nitrogens with one attached hydrogen (secondary N) is 1. The lowest BCUT2D eigenvalue weighted by Crippen LogP contribution is -2.09. The van der Waals surface area contributed by atoms with Crippen LogP contribution in [-0.4, -0.2) is 4.98 Å². The van der Waals surface area contributed by atoms with Crippen molar-refractivity contribution in [1.82, 2.24) is 4.98 Å². The third-order valence-electron chi connectivity index (χ3n) is 4.00. The zero-order chi connectivity index (χ0) is 15.5. The number of hydrogen-bond acceptors (Lipinski definition) is 1. The van der Waals surface area contributed by atoms with Gasteiger partial charge in [-0.25, -0.2) is 0 Å². The molecule has 0 bridgehead atoms. The first-order valence-corrected chi connectivity index (χ1v) is 7.74. The van der Waals surface area contributed by atoms with E-state index >= 15 is 0 Å². The Morgan fingerprint density at radius 3 is 1.96 bits per heavy atom. The molecule has 4 rings (SSSR count). The van der Waals surface area contributed by atoms with Gasteiger partial charge >= 0.3 is 0 Å². The molecule has 112 valence electrons. The number of aromatic amines is 1. The second-order valence-corrected chi connectivity index (χ2v) is 5.51. The van der Waals surface area contributed by atoms with Crippen LogP contribution >= 0.6 is 0 Å². The minimum atomic E-state index is -0.127. The maximum absolute atomic E-state index is 6.44. The highest BCUT2D eigenvalue weighted by molar-refractivity contribution is 5.85. The summed E-state index contributed by atoms with van der Waals surface area (Å²) in [5, 5.41) is 1.10. The molecule has 1 heterocycles. The molecule has 0 saturated carbocycles. The largest absolute Gasteiger partial charge is 0.480 e. The predicted molar refractivity (Wildman–Crippen MR) is 93.7 cm³/mol. The first-order chi connectivity index (χ1) is 11.4. The summed E-state index contributed by atoms with van der Waals surface area (Å²) in [6.45, 7) is 0. The Morgan fingerprint density at radius 1 is 0.652 bits per heavy atom. The molecule has 4 aromatic rings. The molecule has 23 heavy (non-hydrogen) atoms. The molecule has 0 fully saturated rings. The number of H-pyrrole nitrogens is 1. The zero-order valence-electron chi connectivity index (χ0n) is 12.6. The standard InChI is InChI=1S/C21H17NO/c1-3-8-16(9-4-1)21(17-10-5-2-6-11-17)23-20-13-7-12-19-18(20)14-15-22-19/h1-15,21-22H. The summed E-state index contributed by atoms with van der Waals surface area (Å²) >= 11 is 0. The second-order valence-electron chi connectivity index (χ2n) is 5.51. The lowest BCUT2D eigenvalue weighted by Gasteiger charge is -2.20. The van der Waals surface area contributed by atoms with Crippen molar-refractivity contribution in [3.8, 4) is 5.75 Å². The average molecular weight is 299 g/mol. The molecule has 0 aliphatic rings. The molecule has 3 aromatic carbocycles. The highest BCUT2D eigenvalue weighted by Crippen LogP contribution is 2.32. The maximum atomic E-state index is 6.44. The van der Waals surface area contributed by atoms with E-state index < -0.39 is 0 Å². The molecule has 0 atom stereocenters. The monoisotopic (exact) mass is 299 g/mol. The van der Waals surface area contributed by atoms with Gasteiger partial charge in [-0.2, -0.15) is 0 Å². The molecule has 0 aliphatic carbocycles. The van der Waals surface area contributed by atoms with Gasteiger partial charge in [0.25, 0.3) is 0 Å². The topological polar surface area (TPSA) is 25.0 Å². The van der Waals surface area contributed by atoms with Crippen LogP contribution in [0.3, 0.4) is 0 Å². The molecule has 2 nitrogen and oxygen atoms in total. The van der Waals surface area contributed by atoms with Crippen molar-refractivity contribution in [3.05, 3.63) is 102 Å². The summed E-state index contributed by atoms with van der Waals surface area (Å²) < 4.78 is 6.44. The highest BCUT2D eigenvalue weighted by atomic mass is 16.5. The smallest absolute Gasteiger partial charge is 0.149 e. The SMILES string of the molecule is c1ccc(C(Oc2cccc3[nH]ccc23)c2ccccc2)cc1. The van der Waals surface area contributed by atoms with E-state index in [1.54, 1.807) is 0 Å². The van der Waals surface area contributed by atoms with Gasteiger partial charge in [-0.05, 0) is 29.3 Å². The fraction of sp³-hybridized carbons (Fsp3) is 0.0476. The average Bonchev–Trinajstić information content (AvgIpc) is 3.11. The second kappa shape index (κ2) is 6.01. The van der Waals surface area contributed by atoms with Crippen LogP contribution in [0.15, 0.2) is 91.1 Å². The molecule has 2 heteroatoms. The van der Waals surface area contributed by atoms with Crippen molar-refractivity contribution in [3.63, 3.8) is 0 Å². The van der Waals surface area contributed by atoms with E-state index in [1.165, 1.54) is 0 Å². The number of hydrogen-bond donors (Lipinski definition) is 1. The Balaban J connectivity index is 1.79. The summed E-state index contributed by atoms with van der Waals surface area (Å²) in [4.78, 5) is 3.23. The molecular formula is C21H17NO. The zero-order valence-corrected chi connectivity index (χ0v) is 12.6. The van der Waals surface area contributed by atoms with Crippen molar-refractivity contribution >= 4 is 10.9 Å². The van der Waals surface area contributed by atoms with Crippen LogP contribution in [-0.2, 0) is 0 Å². The van der Waals surface area contributed by atoms with Crippen molar-refractivity contribution in [2.45, 2.75) is 6.10 Å². The van der Waals surface area contributed by atoms with E-state index in [2.05, 4.69) is 41.4 Å². The van der Waals surface area contributed by atoms with Gasteiger partial charge in [0.1, 0.15) is 11.9 Å². The summed E-state index contributed by atoms with van der Waals surface area (Å²) in [5.41, 5.74) is 3.37. The number of fused-ring (bicyclic) bond motifs is 1. The summed E-state index contributed by atoms with van der Waals surface area (Å²) in [6, 6.07) is 28.8. The predicted octanol–water partition coefficient (Wildman–Crippen LogP) is 5.34. The number of aromatic nitrogens is 1. The van der Waals surface area contributed by atoms with Gasteiger partial charge in [0, 0.05) is 17.1 Å². The van der Waals surface area contributed by atoms with Gasteiger partial charge in [-0.1, -0.05) is 66.7 Å². The van der Waals surface area contributed by atoms with E-state index in [0.717, 1.165) is 27.8 Å². The lowest BCUT2D eigenvalue weighted by molar-refractivity contribution is 0.250. The molecule has 1 aromatic heterocycles. The quantitative estimate of drug-likeness (QED) is 0.541. The molecule has 0 saturated heterocycles. The third-order valence-corrected chi connectivity index (χ3v) is 4.00. The Labute approximate surface area is 135 Å². The van der Waals surface area contributed by atoms with Gasteiger partial charge in [0.2, 0.25) is 0 Å². The Bertz CT molecular complexity index is 857. The van der Waals surface area contributed by atoms with Gasteiger partial charge in [-0.15, -0.1) is 0 Å². The van der Waals surface area contributed by atoms with Crippen LogP contribution in [0.4, 0.5) is 0 Å². The lowest BCUT2D eigenvalue weighted by atomic mass is 10.0. The highest BCUT2D eigenvalue weighted by Gasteiger charge is 2.17. The molecule has 1 N–H and O–H groups in total. The van der Waals surface area contributed by atoms with Crippen molar-refractivity contribution in [2.75, 3.05) is 0 Å². The van der Waals surface area contributed by atoms with E-state index in [4.69, 9.17) is 4.74 Å². The van der Waals surface area contributed by atoms with Crippen molar-refractivity contribution in [1.29, 1.82) is 0 Å². The van der Waals surface area contributed by atoms with Crippen molar-refractivity contribution in [2.24, 2.45) is 0 Å². The summed E-state index contributed by atoms with van der Waals surface area (Å²) in [5.74, 6) is 0.890. The fourth-order valence-corrected chi connectivity index (χ4v) is 2.87. The molecule has 0 spiro atoms. The van der Waals surface area contributed by atoms with Gasteiger partial charge in [0.05, 0.1) is 0 Å². The number of benzene rings is 3. The molecule has 0 unspecified atom stereocenters. The molecule has 0 aliphatic heterocycles. The van der Waals surface area contributed by atoms with E-state index in [9.17, 15) is 0 Å². The summed E-state index contributed by atoms with van der Waals surface area (Å²) in [7, 11) is 0. The van der Waals surface area contributed by atoms with Crippen LogP contribution in [0.25, 0.3) is 10.9 Å². The van der Waals surface area contributed by atoms with E-state index in [0.29, 0.717) is 0 Å². The Kier molecular flexibility index (Phi) is 3.57. The Morgan fingerprint density at radius 2 is 1.30 bits per heavy atom. The Hall–Kier alpha value is -3.00. The minimum absolute atomic E-state index is 0.127. The van der Waals surface area contributed by atoms with Gasteiger partial charge in [-0.3, -0.25) is 0 Å². The summed E-state index contributed by atoms with van der Waals surface area (Å²) in [6.07, 6.45) is 1.82. The molecule has 0 radical (unpaired) electrons. The minimum Gasteiger partial charge on any atom is -0.480 e. The normalized spacial score (nSPS) is 11.0. The van der Waals surface area contributed by atoms with Crippen LogP contribution < -0.4 is 4.74 Å². The van der Waals surface area contributed by atoms with Crippen LogP contribution in [0, 0.1) is 0 Å². The van der Waals surface area contributed by atoms with Crippen LogP contribution in [0.5, 0.6) is 5.75 Å². The van der Waals surface area contributed by atoms with E-state index in [1.807, 2.05) is 54.7 Å². The van der Waals surface area contributed by atoms with Crippen LogP contribution in [0.2, 0.25) is 0 Å². The fourth-order valence-electron chi connectivity index (χ4n) is 2.87. The number of ether oxygens (including phenoxy) is 1. The molecule has 0 amide bonds. The van der Waals surface area contributed by atoms with E-state index in [-0.39, 0.29) is 6.10 Å². The van der Waals surface area contributed by atoms with Gasteiger partial charge in [0.15, 0.2) is 0 Å². The van der Waals surface area contributed by atoms with Crippen LogP contribution in [0.1, 0.15) is 17.2 Å². The van der Waals surface area contributed by atoms with Crippen molar-refractivity contribution < 1.29 is 4.74 Å². The first kappa shape index (κ1) is 13.6. The maximum Gasteiger partial charge on any atom is 0.149 e. The van der Waals surface area contributed by atoms with Gasteiger partial charge < -0.3 is 9.72 Å². The number of rotatable bonds is 4. The first-order valence-electron chi connectivity index (χ1n) is 7.74. The molecular weight excluding hydrogens is 282 g/mol. The third kappa shape index (κ3) is 2.71.